The van der Waals surface area contributed by atoms with Crippen molar-refractivity contribution in [3.8, 4) is 0 Å². The molecule has 0 aliphatic carbocycles. The lowest BCUT2D eigenvalue weighted by molar-refractivity contribution is 0.0163. The highest BCUT2D eigenvalue weighted by Crippen LogP contribution is 2.22. The molecule has 0 aromatic heterocycles. The SMILES string of the molecule is CCNC(=NCCC1CCCN(C(=O)OC(C)(C)C)C1)N1CCC(COCCOC)C1. The maximum absolute atomic E-state index is 12.4. The molecular formula is C23H44N4O4. The topological polar surface area (TPSA) is 75.6 Å². The summed E-state index contributed by atoms with van der Waals surface area (Å²) in [4.78, 5) is 21.5. The number of rotatable bonds is 9. The van der Waals surface area contributed by atoms with Gasteiger partial charge < -0.3 is 29.3 Å². The van der Waals surface area contributed by atoms with E-state index in [0.29, 0.717) is 25.0 Å². The average molecular weight is 441 g/mol. The van der Waals surface area contributed by atoms with Crippen LogP contribution in [0.2, 0.25) is 0 Å². The Labute approximate surface area is 188 Å². The maximum Gasteiger partial charge on any atom is 0.410 e. The van der Waals surface area contributed by atoms with E-state index in [1.54, 1.807) is 7.11 Å². The second-order valence-electron chi connectivity index (χ2n) is 9.63. The van der Waals surface area contributed by atoms with Gasteiger partial charge in [0.2, 0.25) is 0 Å². The highest BCUT2D eigenvalue weighted by molar-refractivity contribution is 5.80. The molecular weight excluding hydrogens is 396 g/mol. The van der Waals surface area contributed by atoms with Crippen LogP contribution in [-0.4, -0.2) is 93.7 Å². The number of piperidine rings is 1. The summed E-state index contributed by atoms with van der Waals surface area (Å²) in [5, 5.41) is 3.44. The summed E-state index contributed by atoms with van der Waals surface area (Å²) in [5.41, 5.74) is -0.447. The fourth-order valence-corrected chi connectivity index (χ4v) is 4.13. The fraction of sp³-hybridized carbons (Fsp3) is 0.913. The Balaban J connectivity index is 1.78. The third-order valence-electron chi connectivity index (χ3n) is 5.68. The molecule has 31 heavy (non-hydrogen) atoms. The molecule has 0 aromatic carbocycles. The van der Waals surface area contributed by atoms with Crippen LogP contribution in [0.15, 0.2) is 4.99 Å². The second-order valence-corrected chi connectivity index (χ2v) is 9.63. The van der Waals surface area contributed by atoms with Crippen molar-refractivity contribution >= 4 is 12.1 Å². The summed E-state index contributed by atoms with van der Waals surface area (Å²) in [7, 11) is 1.70. The van der Waals surface area contributed by atoms with Crippen molar-refractivity contribution in [3.63, 3.8) is 0 Å². The number of ether oxygens (including phenoxy) is 3. The number of aliphatic imine (C=N–C) groups is 1. The lowest BCUT2D eigenvalue weighted by Crippen LogP contribution is -2.43. The van der Waals surface area contributed by atoms with E-state index in [9.17, 15) is 4.79 Å². The number of nitrogens with one attached hydrogen (secondary N) is 1. The van der Waals surface area contributed by atoms with Gasteiger partial charge in [0.05, 0.1) is 19.8 Å². The van der Waals surface area contributed by atoms with E-state index >= 15 is 0 Å². The molecule has 8 nitrogen and oxygen atoms in total. The number of carbonyl (C=O) groups is 1. The second kappa shape index (κ2) is 13.1. The van der Waals surface area contributed by atoms with Gasteiger partial charge in [0.1, 0.15) is 5.60 Å². The molecule has 2 saturated heterocycles. The molecule has 8 heteroatoms. The zero-order valence-corrected chi connectivity index (χ0v) is 20.3. The molecule has 2 heterocycles. The highest BCUT2D eigenvalue weighted by Gasteiger charge is 2.28. The van der Waals surface area contributed by atoms with Gasteiger partial charge in [-0.15, -0.1) is 0 Å². The molecule has 0 spiro atoms. The third kappa shape index (κ3) is 9.64. The Morgan fingerprint density at radius 2 is 1.87 bits per heavy atom. The highest BCUT2D eigenvalue weighted by atomic mass is 16.6. The molecule has 0 bridgehead atoms. The first-order valence-corrected chi connectivity index (χ1v) is 11.9. The quantitative estimate of drug-likeness (QED) is 0.337. The first kappa shape index (κ1) is 25.7. The monoisotopic (exact) mass is 440 g/mol. The molecule has 1 amide bonds. The molecule has 2 unspecified atom stereocenters. The van der Waals surface area contributed by atoms with Gasteiger partial charge in [-0.05, 0) is 59.3 Å². The van der Waals surface area contributed by atoms with Crippen molar-refractivity contribution in [1.82, 2.24) is 15.1 Å². The number of guanidine groups is 1. The van der Waals surface area contributed by atoms with E-state index in [1.807, 2.05) is 25.7 Å². The van der Waals surface area contributed by atoms with Gasteiger partial charge in [0.15, 0.2) is 5.96 Å². The average Bonchev–Trinajstić information content (AvgIpc) is 3.18. The predicted molar refractivity (Wildman–Crippen MR) is 124 cm³/mol. The molecule has 2 fully saturated rings. The molecule has 2 aliphatic heterocycles. The van der Waals surface area contributed by atoms with Crippen molar-refractivity contribution in [2.45, 2.75) is 59.0 Å². The van der Waals surface area contributed by atoms with Crippen LogP contribution in [0.1, 0.15) is 53.4 Å². The first-order chi connectivity index (χ1) is 14.8. The van der Waals surface area contributed by atoms with Crippen molar-refractivity contribution in [2.24, 2.45) is 16.8 Å². The van der Waals surface area contributed by atoms with Crippen LogP contribution in [-0.2, 0) is 14.2 Å². The minimum absolute atomic E-state index is 0.190. The Morgan fingerprint density at radius 1 is 1.10 bits per heavy atom. The molecule has 0 saturated carbocycles. The van der Waals surface area contributed by atoms with E-state index in [4.69, 9.17) is 19.2 Å². The van der Waals surface area contributed by atoms with Gasteiger partial charge >= 0.3 is 6.09 Å². The van der Waals surface area contributed by atoms with Gasteiger partial charge in [-0.1, -0.05) is 0 Å². The van der Waals surface area contributed by atoms with E-state index in [-0.39, 0.29) is 6.09 Å². The Bertz CT molecular complexity index is 564. The van der Waals surface area contributed by atoms with Crippen LogP contribution in [0.3, 0.4) is 0 Å². The molecule has 180 valence electrons. The summed E-state index contributed by atoms with van der Waals surface area (Å²) in [6.45, 7) is 15.1. The minimum atomic E-state index is -0.447. The Morgan fingerprint density at radius 3 is 2.58 bits per heavy atom. The number of methoxy groups -OCH3 is 1. The molecule has 1 N–H and O–H groups in total. The number of hydrogen-bond donors (Lipinski definition) is 1. The van der Waals surface area contributed by atoms with Crippen LogP contribution < -0.4 is 5.32 Å². The third-order valence-corrected chi connectivity index (χ3v) is 5.68. The van der Waals surface area contributed by atoms with Crippen molar-refractivity contribution in [1.29, 1.82) is 0 Å². The fourth-order valence-electron chi connectivity index (χ4n) is 4.13. The standard InChI is InChI=1S/C23H44N4O4/c1-6-24-21(26-13-10-20(17-26)18-30-15-14-29-5)25-11-9-19-8-7-12-27(16-19)22(28)31-23(2,3)4/h19-20H,6-18H2,1-5H3,(H,24,25). The summed E-state index contributed by atoms with van der Waals surface area (Å²) in [6.07, 6.45) is 4.11. The zero-order chi connectivity index (χ0) is 22.7. The van der Waals surface area contributed by atoms with Crippen LogP contribution >= 0.6 is 0 Å². The molecule has 2 rings (SSSR count). The first-order valence-electron chi connectivity index (χ1n) is 11.9. The number of likely N-dealkylation sites (tertiary alicyclic amines) is 2. The van der Waals surface area contributed by atoms with E-state index in [0.717, 1.165) is 77.5 Å². The summed E-state index contributed by atoms with van der Waals surface area (Å²) < 4.78 is 16.3. The van der Waals surface area contributed by atoms with E-state index in [2.05, 4.69) is 17.1 Å². The van der Waals surface area contributed by atoms with Crippen LogP contribution in [0.4, 0.5) is 4.79 Å². The Kier molecular flexibility index (Phi) is 10.9. The van der Waals surface area contributed by atoms with Gasteiger partial charge in [0, 0.05) is 52.3 Å². The number of hydrogen-bond acceptors (Lipinski definition) is 5. The molecule has 0 aromatic rings. The predicted octanol–water partition coefficient (Wildman–Crippen LogP) is 2.97. The summed E-state index contributed by atoms with van der Waals surface area (Å²) in [5.74, 6) is 2.02. The van der Waals surface area contributed by atoms with Crippen LogP contribution in [0, 0.1) is 11.8 Å². The largest absolute Gasteiger partial charge is 0.444 e. The molecule has 0 radical (unpaired) electrons. The van der Waals surface area contributed by atoms with Crippen molar-refractivity contribution in [2.75, 3.05) is 66.2 Å². The van der Waals surface area contributed by atoms with Crippen molar-refractivity contribution in [3.05, 3.63) is 0 Å². The normalized spacial score (nSPS) is 22.7. The van der Waals surface area contributed by atoms with Gasteiger partial charge in [-0.25, -0.2) is 4.79 Å². The minimum Gasteiger partial charge on any atom is -0.444 e. The maximum atomic E-state index is 12.4. The number of nitrogens with zero attached hydrogens (tertiary/aromatic N) is 3. The number of carbonyl (C=O) groups excluding carboxylic acids is 1. The molecule has 2 aliphatic rings. The van der Waals surface area contributed by atoms with Gasteiger partial charge in [-0.3, -0.25) is 4.99 Å². The summed E-state index contributed by atoms with van der Waals surface area (Å²) in [6, 6.07) is 0. The van der Waals surface area contributed by atoms with E-state index < -0.39 is 5.60 Å². The Hall–Kier alpha value is -1.54. The number of amides is 1. The van der Waals surface area contributed by atoms with Gasteiger partial charge in [-0.2, -0.15) is 0 Å². The van der Waals surface area contributed by atoms with Crippen LogP contribution in [0.25, 0.3) is 0 Å². The lowest BCUT2D eigenvalue weighted by atomic mass is 9.95. The molecule has 2 atom stereocenters. The van der Waals surface area contributed by atoms with Crippen LogP contribution in [0.5, 0.6) is 0 Å². The zero-order valence-electron chi connectivity index (χ0n) is 20.3. The summed E-state index contributed by atoms with van der Waals surface area (Å²) >= 11 is 0. The van der Waals surface area contributed by atoms with Gasteiger partial charge in [0.25, 0.3) is 0 Å². The van der Waals surface area contributed by atoms with E-state index in [1.165, 1.54) is 0 Å². The lowest BCUT2D eigenvalue weighted by Gasteiger charge is -2.34. The smallest absolute Gasteiger partial charge is 0.410 e. The van der Waals surface area contributed by atoms with Crippen molar-refractivity contribution < 1.29 is 19.0 Å².